The zero-order chi connectivity index (χ0) is 15.1. The van der Waals surface area contributed by atoms with Crippen LogP contribution in [0.4, 0.5) is 8.78 Å². The van der Waals surface area contributed by atoms with E-state index in [9.17, 15) is 8.78 Å². The highest BCUT2D eigenvalue weighted by molar-refractivity contribution is 6.35. The minimum absolute atomic E-state index is 0.0230. The van der Waals surface area contributed by atoms with E-state index in [0.717, 1.165) is 6.07 Å². The Hall–Kier alpha value is -1.78. The van der Waals surface area contributed by atoms with Crippen molar-refractivity contribution in [3.63, 3.8) is 0 Å². The molecule has 0 aliphatic carbocycles. The molecule has 0 aliphatic rings. The van der Waals surface area contributed by atoms with Crippen LogP contribution in [0.15, 0.2) is 30.3 Å². The first-order chi connectivity index (χ1) is 9.99. The van der Waals surface area contributed by atoms with Crippen LogP contribution in [-0.2, 0) is 0 Å². The molecular weight excluding hydrogens is 317 g/mol. The van der Waals surface area contributed by atoms with E-state index in [-0.39, 0.29) is 16.5 Å². The van der Waals surface area contributed by atoms with Crippen molar-refractivity contribution in [1.29, 1.82) is 0 Å². The van der Waals surface area contributed by atoms with E-state index in [1.54, 1.807) is 19.1 Å². The second kappa shape index (κ2) is 5.20. The molecule has 0 aliphatic heterocycles. The van der Waals surface area contributed by atoms with Gasteiger partial charge in [0.25, 0.3) is 0 Å². The quantitative estimate of drug-likeness (QED) is 0.575. The molecule has 3 rings (SSSR count). The number of hydrogen-bond donors (Lipinski definition) is 0. The van der Waals surface area contributed by atoms with Gasteiger partial charge in [-0.2, -0.15) is 0 Å². The Balaban J connectivity index is 2.35. The summed E-state index contributed by atoms with van der Waals surface area (Å²) in [5, 5.41) is 1.29. The summed E-state index contributed by atoms with van der Waals surface area (Å²) in [6.07, 6.45) is 0. The fraction of sp³-hybridized carbons (Fsp3) is 0.0667. The molecule has 0 atom stereocenters. The SMILES string of the molecule is Cc1c(Cl)ccc2c(Cl)nc(-c3cccc(F)c3F)nc12. The number of benzene rings is 2. The summed E-state index contributed by atoms with van der Waals surface area (Å²) in [4.78, 5) is 8.33. The Morgan fingerprint density at radius 3 is 2.52 bits per heavy atom. The van der Waals surface area contributed by atoms with Gasteiger partial charge in [0.05, 0.1) is 11.1 Å². The van der Waals surface area contributed by atoms with E-state index < -0.39 is 11.6 Å². The lowest BCUT2D eigenvalue weighted by Crippen LogP contribution is -1.97. The van der Waals surface area contributed by atoms with Crippen LogP contribution in [0.2, 0.25) is 10.2 Å². The smallest absolute Gasteiger partial charge is 0.169 e. The molecule has 1 heterocycles. The van der Waals surface area contributed by atoms with Gasteiger partial charge in [-0.3, -0.25) is 0 Å². The maximum atomic E-state index is 13.9. The molecule has 0 amide bonds. The molecule has 0 saturated heterocycles. The zero-order valence-corrected chi connectivity index (χ0v) is 12.3. The first-order valence-corrected chi connectivity index (χ1v) is 6.81. The number of rotatable bonds is 1. The predicted molar refractivity (Wildman–Crippen MR) is 79.6 cm³/mol. The molecule has 0 spiro atoms. The van der Waals surface area contributed by atoms with Crippen LogP contribution in [0, 0.1) is 18.6 Å². The molecule has 1 aromatic heterocycles. The highest BCUT2D eigenvalue weighted by Crippen LogP contribution is 2.31. The van der Waals surface area contributed by atoms with Gasteiger partial charge in [0, 0.05) is 10.4 Å². The van der Waals surface area contributed by atoms with E-state index >= 15 is 0 Å². The van der Waals surface area contributed by atoms with Gasteiger partial charge in [0.2, 0.25) is 0 Å². The molecule has 0 N–H and O–H groups in total. The highest BCUT2D eigenvalue weighted by atomic mass is 35.5. The summed E-state index contributed by atoms with van der Waals surface area (Å²) in [7, 11) is 0. The van der Waals surface area contributed by atoms with E-state index in [0.29, 0.717) is 21.5 Å². The average Bonchev–Trinajstić information content (AvgIpc) is 2.46. The van der Waals surface area contributed by atoms with Crippen molar-refractivity contribution in [2.24, 2.45) is 0 Å². The van der Waals surface area contributed by atoms with Gasteiger partial charge in [0.1, 0.15) is 5.15 Å². The first-order valence-electron chi connectivity index (χ1n) is 6.06. The van der Waals surface area contributed by atoms with Crippen molar-refractivity contribution < 1.29 is 8.78 Å². The number of aryl methyl sites for hydroxylation is 1. The van der Waals surface area contributed by atoms with Crippen LogP contribution in [0.3, 0.4) is 0 Å². The third-order valence-electron chi connectivity index (χ3n) is 3.20. The average molecular weight is 325 g/mol. The summed E-state index contributed by atoms with van der Waals surface area (Å²) < 4.78 is 27.2. The maximum absolute atomic E-state index is 13.9. The molecule has 2 aromatic carbocycles. The van der Waals surface area contributed by atoms with Crippen LogP contribution in [0.1, 0.15) is 5.56 Å². The lowest BCUT2D eigenvalue weighted by molar-refractivity contribution is 0.510. The molecule has 6 heteroatoms. The van der Waals surface area contributed by atoms with Crippen molar-refractivity contribution in [3.8, 4) is 11.4 Å². The van der Waals surface area contributed by atoms with Crippen LogP contribution >= 0.6 is 23.2 Å². The number of aromatic nitrogens is 2. The second-order valence-corrected chi connectivity index (χ2v) is 5.27. The van der Waals surface area contributed by atoms with Gasteiger partial charge < -0.3 is 0 Å². The molecule has 0 radical (unpaired) electrons. The maximum Gasteiger partial charge on any atom is 0.169 e. The van der Waals surface area contributed by atoms with Gasteiger partial charge in [-0.25, -0.2) is 18.7 Å². The van der Waals surface area contributed by atoms with E-state index in [4.69, 9.17) is 23.2 Å². The second-order valence-electron chi connectivity index (χ2n) is 4.51. The molecule has 0 fully saturated rings. The summed E-state index contributed by atoms with van der Waals surface area (Å²) >= 11 is 12.2. The predicted octanol–water partition coefficient (Wildman–Crippen LogP) is 5.19. The van der Waals surface area contributed by atoms with Crippen molar-refractivity contribution in [2.45, 2.75) is 6.92 Å². The fourth-order valence-electron chi connectivity index (χ4n) is 2.07. The third kappa shape index (κ3) is 2.34. The van der Waals surface area contributed by atoms with E-state index in [1.165, 1.54) is 12.1 Å². The normalized spacial score (nSPS) is 11.1. The van der Waals surface area contributed by atoms with Crippen molar-refractivity contribution in [2.75, 3.05) is 0 Å². The monoisotopic (exact) mass is 324 g/mol. The molecular formula is C15H8Cl2F2N2. The zero-order valence-electron chi connectivity index (χ0n) is 10.8. The van der Waals surface area contributed by atoms with E-state index in [2.05, 4.69) is 9.97 Å². The number of halogens is 4. The van der Waals surface area contributed by atoms with Gasteiger partial charge in [-0.05, 0) is 36.8 Å². The molecule has 0 bridgehead atoms. The Morgan fingerprint density at radius 1 is 1.00 bits per heavy atom. The van der Waals surface area contributed by atoms with Crippen LogP contribution in [-0.4, -0.2) is 9.97 Å². The number of fused-ring (bicyclic) bond motifs is 1. The number of hydrogen-bond acceptors (Lipinski definition) is 2. The Kier molecular flexibility index (Phi) is 3.51. The summed E-state index contributed by atoms with van der Waals surface area (Å²) in [6.45, 7) is 1.78. The minimum atomic E-state index is -1.01. The standard InChI is InChI=1S/C15H8Cl2F2N2/c1-7-10(16)6-5-9-13(7)20-15(21-14(9)17)8-3-2-4-11(18)12(8)19/h2-6H,1H3. The molecule has 21 heavy (non-hydrogen) atoms. The van der Waals surface area contributed by atoms with Gasteiger partial charge in [-0.1, -0.05) is 29.3 Å². The number of nitrogens with zero attached hydrogens (tertiary/aromatic N) is 2. The summed E-state index contributed by atoms with van der Waals surface area (Å²) in [6, 6.07) is 7.20. The largest absolute Gasteiger partial charge is 0.227 e. The van der Waals surface area contributed by atoms with Crippen LogP contribution in [0.25, 0.3) is 22.3 Å². The fourth-order valence-corrected chi connectivity index (χ4v) is 2.45. The topological polar surface area (TPSA) is 25.8 Å². The van der Waals surface area contributed by atoms with Gasteiger partial charge in [0.15, 0.2) is 17.5 Å². The Bertz CT molecular complexity index is 866. The van der Waals surface area contributed by atoms with E-state index in [1.807, 2.05) is 0 Å². The molecule has 106 valence electrons. The van der Waals surface area contributed by atoms with Crippen molar-refractivity contribution in [3.05, 3.63) is 57.7 Å². The van der Waals surface area contributed by atoms with Gasteiger partial charge >= 0.3 is 0 Å². The lowest BCUT2D eigenvalue weighted by atomic mass is 10.1. The molecule has 0 unspecified atom stereocenters. The lowest BCUT2D eigenvalue weighted by Gasteiger charge is -2.08. The first kappa shape index (κ1) is 14.2. The van der Waals surface area contributed by atoms with Crippen LogP contribution < -0.4 is 0 Å². The summed E-state index contributed by atoms with van der Waals surface area (Å²) in [5.41, 5.74) is 1.18. The van der Waals surface area contributed by atoms with Crippen molar-refractivity contribution in [1.82, 2.24) is 9.97 Å². The Labute approximate surface area is 129 Å². The van der Waals surface area contributed by atoms with Crippen molar-refractivity contribution >= 4 is 34.1 Å². The van der Waals surface area contributed by atoms with Crippen LogP contribution in [0.5, 0.6) is 0 Å². The highest BCUT2D eigenvalue weighted by Gasteiger charge is 2.16. The van der Waals surface area contributed by atoms with Gasteiger partial charge in [-0.15, -0.1) is 0 Å². The molecule has 3 aromatic rings. The third-order valence-corrected chi connectivity index (χ3v) is 3.90. The molecule has 0 saturated carbocycles. The Morgan fingerprint density at radius 2 is 1.76 bits per heavy atom. The summed E-state index contributed by atoms with van der Waals surface area (Å²) in [5.74, 6) is -1.95. The minimum Gasteiger partial charge on any atom is -0.227 e. The molecule has 2 nitrogen and oxygen atoms in total.